The van der Waals surface area contributed by atoms with Crippen molar-refractivity contribution >= 4 is 51.7 Å². The number of alkyl halides is 2. The van der Waals surface area contributed by atoms with Gasteiger partial charge in [-0.25, -0.2) is 18.5 Å². The summed E-state index contributed by atoms with van der Waals surface area (Å²) in [5, 5.41) is 8.03. The lowest BCUT2D eigenvalue weighted by atomic mass is 9.69. The zero-order chi connectivity index (χ0) is 43.5. The van der Waals surface area contributed by atoms with Gasteiger partial charge in [-0.1, -0.05) is 83.2 Å². The van der Waals surface area contributed by atoms with E-state index in [1.165, 1.54) is 36.2 Å². The summed E-state index contributed by atoms with van der Waals surface area (Å²) in [5.74, 6) is -2.99. The molecule has 1 aromatic heterocycles. The number of allylic oxidation sites excluding steroid dienone is 5. The second-order valence-electron chi connectivity index (χ2n) is 14.3. The molecule has 14 heteroatoms. The Bertz CT molecular complexity index is 2230. The highest BCUT2D eigenvalue weighted by Crippen LogP contribution is 2.45. The molecular weight excluding hydrogens is 798 g/mol. The van der Waals surface area contributed by atoms with Crippen LogP contribution in [-0.2, 0) is 19.7 Å². The van der Waals surface area contributed by atoms with Gasteiger partial charge in [0.2, 0.25) is 5.91 Å². The van der Waals surface area contributed by atoms with Gasteiger partial charge in [-0.05, 0) is 73.2 Å². The number of halogens is 3. The Balaban J connectivity index is 0.00000378. The molecule has 0 saturated carbocycles. The minimum Gasteiger partial charge on any atom is -0.493 e. The van der Waals surface area contributed by atoms with Crippen molar-refractivity contribution in [3.63, 3.8) is 0 Å². The van der Waals surface area contributed by atoms with E-state index in [4.69, 9.17) is 25.8 Å². The van der Waals surface area contributed by atoms with Crippen LogP contribution in [0.1, 0.15) is 78.8 Å². The van der Waals surface area contributed by atoms with Crippen LogP contribution in [0.25, 0.3) is 10.8 Å². The molecule has 2 heterocycles. The number of rotatable bonds is 17. The van der Waals surface area contributed by atoms with Crippen molar-refractivity contribution in [2.75, 3.05) is 26.1 Å². The Morgan fingerprint density at radius 2 is 1.73 bits per heavy atom. The molecule has 2 amide bonds. The minimum absolute atomic E-state index is 0.101. The highest BCUT2D eigenvalue weighted by Gasteiger charge is 2.36. The molecule has 1 N–H and O–H groups in total. The topological polar surface area (TPSA) is 121 Å². The van der Waals surface area contributed by atoms with Crippen molar-refractivity contribution in [1.82, 2.24) is 15.1 Å². The summed E-state index contributed by atoms with van der Waals surface area (Å²) in [6.45, 7) is 20.0. The van der Waals surface area contributed by atoms with Gasteiger partial charge < -0.3 is 14.2 Å². The normalized spacial score (nSPS) is 17.7. The van der Waals surface area contributed by atoms with Crippen LogP contribution in [0.15, 0.2) is 117 Å². The number of nitrogens with zero attached hydrogens (tertiary/aromatic N) is 3. The fourth-order valence-corrected chi connectivity index (χ4v) is 7.17. The lowest BCUT2D eigenvalue weighted by Crippen LogP contribution is -2.45. The van der Waals surface area contributed by atoms with E-state index in [1.807, 2.05) is 76.4 Å². The molecule has 316 valence electrons. The molecule has 0 bridgehead atoms. The smallest absolute Gasteiger partial charge is 0.275 e. The second-order valence-corrected chi connectivity index (χ2v) is 15.6. The molecule has 0 radical (unpaired) electrons. The average molecular weight is 851 g/mol. The number of benzene rings is 2. The number of aromatic nitrogens is 2. The quantitative estimate of drug-likeness (QED) is 0.105. The molecule has 1 aliphatic carbocycles. The maximum absolute atomic E-state index is 15.0. The summed E-state index contributed by atoms with van der Waals surface area (Å²) in [7, 11) is 0. The Labute approximate surface area is 354 Å². The molecule has 2 atom stereocenters. The molecule has 2 aliphatic rings. The van der Waals surface area contributed by atoms with Crippen LogP contribution in [0.4, 0.5) is 8.78 Å². The van der Waals surface area contributed by atoms with Gasteiger partial charge in [0, 0.05) is 36.0 Å². The molecular formula is C45H53ClF2N4O6S. The summed E-state index contributed by atoms with van der Waals surface area (Å²) < 4.78 is 48.5. The molecule has 1 saturated heterocycles. The number of fused-ring (bicyclic) bond motifs is 1. The van der Waals surface area contributed by atoms with E-state index in [1.54, 1.807) is 0 Å². The maximum atomic E-state index is 15.0. The summed E-state index contributed by atoms with van der Waals surface area (Å²) >= 11 is 8.19. The predicted octanol–water partition coefficient (Wildman–Crippen LogP) is 10.0. The van der Waals surface area contributed by atoms with E-state index in [-0.39, 0.29) is 43.1 Å². The van der Waals surface area contributed by atoms with Gasteiger partial charge in [-0.15, -0.1) is 11.8 Å². The van der Waals surface area contributed by atoms with Gasteiger partial charge in [0.05, 0.1) is 40.6 Å². The fraction of sp³-hybridized carbons (Fsp3) is 0.400. The Hall–Kier alpha value is -5.01. The van der Waals surface area contributed by atoms with E-state index < -0.39 is 47.6 Å². The van der Waals surface area contributed by atoms with Crippen LogP contribution in [-0.4, -0.2) is 59.3 Å². The van der Waals surface area contributed by atoms with Gasteiger partial charge in [-0.2, -0.15) is 5.10 Å². The number of piperidine rings is 1. The molecule has 1 aliphatic heterocycles. The second kappa shape index (κ2) is 20.8. The van der Waals surface area contributed by atoms with Gasteiger partial charge in [0.1, 0.15) is 29.9 Å². The largest absolute Gasteiger partial charge is 0.493 e. The van der Waals surface area contributed by atoms with E-state index in [0.29, 0.717) is 39.1 Å². The van der Waals surface area contributed by atoms with Crippen molar-refractivity contribution < 1.29 is 32.6 Å². The van der Waals surface area contributed by atoms with E-state index in [2.05, 4.69) is 42.4 Å². The maximum Gasteiger partial charge on any atom is 0.275 e. The number of nitrogens with one attached hydrogen (secondary N) is 1. The van der Waals surface area contributed by atoms with Crippen molar-refractivity contribution in [2.45, 2.75) is 84.6 Å². The van der Waals surface area contributed by atoms with Gasteiger partial charge >= 0.3 is 0 Å². The first kappa shape index (κ1) is 46.7. The number of carbonyl (C=O) groups excluding carboxylic acids is 2. The van der Waals surface area contributed by atoms with E-state index in [0.717, 1.165) is 21.5 Å². The monoisotopic (exact) mass is 850 g/mol. The third-order valence-corrected chi connectivity index (χ3v) is 10.9. The van der Waals surface area contributed by atoms with Crippen LogP contribution in [0.5, 0.6) is 11.5 Å². The number of carbonyl (C=O) groups is 2. The zero-order valence-corrected chi connectivity index (χ0v) is 36.3. The first-order valence-corrected chi connectivity index (χ1v) is 21.1. The zero-order valence-electron chi connectivity index (χ0n) is 34.7. The first-order chi connectivity index (χ1) is 28.0. The van der Waals surface area contributed by atoms with Crippen LogP contribution >= 0.6 is 23.4 Å². The van der Waals surface area contributed by atoms with E-state index in [9.17, 15) is 23.2 Å². The highest BCUT2D eigenvalue weighted by molar-refractivity contribution is 8.02. The van der Waals surface area contributed by atoms with Crippen molar-refractivity contribution in [2.24, 2.45) is 10.9 Å². The summed E-state index contributed by atoms with van der Waals surface area (Å²) in [6.07, 6.45) is 8.08. The lowest BCUT2D eigenvalue weighted by Gasteiger charge is -2.36. The molecule has 10 nitrogen and oxygen atoms in total. The van der Waals surface area contributed by atoms with Crippen LogP contribution in [0, 0.1) is 5.92 Å². The number of hydrogen-bond donors (Lipinski definition) is 1. The molecule has 2 unspecified atom stereocenters. The Morgan fingerprint density at radius 1 is 1.07 bits per heavy atom. The standard InChI is InChI=1S/C43H47ClF2N4O6S.C2H6/c1-8-9-31(48-28(4)57-7)25-56-32-12-10-30(11-13-32)42(5,6)35-23-36(44)39(27(3)26(35)2)55-21-19-43(45,46)18-20-54-33-14-15-34-29(22-33)24-47-50(41(34)53)37-16-17-38(51)49-40(37)52;1-2/h8-15,22-24,26,37H,3-4,16-21,25H2,1-2,5-7H3,(H,49,51,52);1-2H3/b9-8-,48-31+;. The number of ether oxygens (including phenoxy) is 3. The molecule has 2 aromatic carbocycles. The van der Waals surface area contributed by atoms with Crippen molar-refractivity contribution in [3.8, 4) is 11.5 Å². The minimum atomic E-state index is -3.11. The van der Waals surface area contributed by atoms with E-state index >= 15 is 0 Å². The summed E-state index contributed by atoms with van der Waals surface area (Å²) in [5.41, 5.74) is 2.44. The third-order valence-electron chi connectivity index (χ3n) is 10.1. The first-order valence-electron chi connectivity index (χ1n) is 19.5. The van der Waals surface area contributed by atoms with Gasteiger partial charge in [-0.3, -0.25) is 19.7 Å². The summed E-state index contributed by atoms with van der Waals surface area (Å²) in [6, 6.07) is 11.5. The third kappa shape index (κ3) is 11.8. The lowest BCUT2D eigenvalue weighted by molar-refractivity contribution is -0.136. The predicted molar refractivity (Wildman–Crippen MR) is 234 cm³/mol. The van der Waals surface area contributed by atoms with Crippen LogP contribution in [0.3, 0.4) is 0 Å². The Morgan fingerprint density at radius 3 is 2.37 bits per heavy atom. The molecule has 0 spiro atoms. The molecule has 5 rings (SSSR count). The molecule has 3 aromatic rings. The number of thioether (sulfide) groups is 1. The number of imide groups is 1. The fourth-order valence-electron chi connectivity index (χ4n) is 6.67. The summed E-state index contributed by atoms with van der Waals surface area (Å²) in [4.78, 5) is 41.3. The van der Waals surface area contributed by atoms with Gasteiger partial charge in [0.25, 0.3) is 17.4 Å². The number of aliphatic imine (C=N–C) groups is 1. The van der Waals surface area contributed by atoms with Crippen molar-refractivity contribution in [3.05, 3.63) is 123 Å². The SMILES string of the molecule is C=C(/N=C(\C=C/C)COc1ccc(C(C)(C)C2=CC(Cl)=C(OCCC(F)(F)CCOc3ccc4c(=O)n(C5CCC(=O)NC5=O)ncc4c3)C(=C)C2C)cc1)SC.CC. The molecule has 1 fully saturated rings. The molecule has 59 heavy (non-hydrogen) atoms. The Kier molecular flexibility index (Phi) is 16.5. The van der Waals surface area contributed by atoms with Crippen LogP contribution in [0.2, 0.25) is 0 Å². The number of hydrogen-bond acceptors (Lipinski definition) is 9. The highest BCUT2D eigenvalue weighted by atomic mass is 35.5. The van der Waals surface area contributed by atoms with Gasteiger partial charge in [0.15, 0.2) is 0 Å². The van der Waals surface area contributed by atoms with Crippen molar-refractivity contribution in [1.29, 1.82) is 0 Å². The van der Waals surface area contributed by atoms with Crippen LogP contribution < -0.4 is 20.3 Å². The average Bonchev–Trinajstić information content (AvgIpc) is 3.21. The number of amides is 2.